The number of rotatable bonds is 4. The van der Waals surface area contributed by atoms with Crippen LogP contribution in [0, 0.1) is 6.92 Å². The van der Waals surface area contributed by atoms with E-state index in [2.05, 4.69) is 15.3 Å². The molecule has 0 aliphatic carbocycles. The first-order chi connectivity index (χ1) is 9.65. The highest BCUT2D eigenvalue weighted by Crippen LogP contribution is 2.04. The van der Waals surface area contributed by atoms with Crippen molar-refractivity contribution in [1.29, 1.82) is 0 Å². The summed E-state index contributed by atoms with van der Waals surface area (Å²) in [6.45, 7) is 1.39. The summed E-state index contributed by atoms with van der Waals surface area (Å²) in [5.41, 5.74) is 1.41. The second kappa shape index (κ2) is 6.42. The molecule has 0 saturated heterocycles. The van der Waals surface area contributed by atoms with Crippen molar-refractivity contribution in [1.82, 2.24) is 9.97 Å². The molecule has 20 heavy (non-hydrogen) atoms. The average molecular weight is 271 g/mol. The highest BCUT2D eigenvalue weighted by atomic mass is 16.5. The third-order valence-corrected chi connectivity index (χ3v) is 2.38. The monoisotopic (exact) mass is 271 g/mol. The molecular formula is C14H13N3O3. The summed E-state index contributed by atoms with van der Waals surface area (Å²) < 4.78 is 4.85. The molecule has 6 nitrogen and oxygen atoms in total. The lowest BCUT2D eigenvalue weighted by Crippen LogP contribution is -2.21. The fourth-order valence-electron chi connectivity index (χ4n) is 1.42. The van der Waals surface area contributed by atoms with E-state index in [1.54, 1.807) is 31.2 Å². The molecule has 2 aromatic rings. The van der Waals surface area contributed by atoms with Gasteiger partial charge in [0.05, 0.1) is 11.9 Å². The van der Waals surface area contributed by atoms with Gasteiger partial charge in [-0.15, -0.1) is 0 Å². The van der Waals surface area contributed by atoms with Crippen molar-refractivity contribution in [2.75, 3.05) is 11.9 Å². The predicted octanol–water partition coefficient (Wildman–Crippen LogP) is 1.58. The molecule has 0 radical (unpaired) electrons. The minimum absolute atomic E-state index is 0.0723. The lowest BCUT2D eigenvalue weighted by molar-refractivity contribution is -0.119. The van der Waals surface area contributed by atoms with Crippen LogP contribution in [0.5, 0.6) is 0 Å². The lowest BCUT2D eigenvalue weighted by Gasteiger charge is -2.06. The van der Waals surface area contributed by atoms with Crippen LogP contribution in [0.2, 0.25) is 0 Å². The molecule has 6 heteroatoms. The van der Waals surface area contributed by atoms with Gasteiger partial charge in [-0.05, 0) is 19.1 Å². The molecule has 0 unspecified atom stereocenters. The Hall–Kier alpha value is -2.76. The molecule has 2 rings (SSSR count). The molecule has 1 aromatic carbocycles. The molecule has 0 aliphatic rings. The summed E-state index contributed by atoms with van der Waals surface area (Å²) in [6.07, 6.45) is 2.77. The number of hydrogen-bond acceptors (Lipinski definition) is 5. The van der Waals surface area contributed by atoms with E-state index in [1.165, 1.54) is 12.4 Å². The first-order valence-corrected chi connectivity index (χ1v) is 5.96. The van der Waals surface area contributed by atoms with Gasteiger partial charge in [0.1, 0.15) is 0 Å². The minimum atomic E-state index is -0.680. The smallest absolute Gasteiger partial charge is 0.359 e. The van der Waals surface area contributed by atoms with E-state index in [-0.39, 0.29) is 12.3 Å². The minimum Gasteiger partial charge on any atom is -0.451 e. The van der Waals surface area contributed by atoms with Gasteiger partial charge in [-0.1, -0.05) is 18.2 Å². The van der Waals surface area contributed by atoms with Crippen LogP contribution in [-0.4, -0.2) is 28.5 Å². The third-order valence-electron chi connectivity index (χ3n) is 2.38. The molecule has 1 N–H and O–H groups in total. The number of amides is 1. The van der Waals surface area contributed by atoms with Crippen LogP contribution in [0.1, 0.15) is 16.2 Å². The quantitative estimate of drug-likeness (QED) is 0.854. The van der Waals surface area contributed by atoms with E-state index in [4.69, 9.17) is 4.74 Å². The number of aryl methyl sites for hydroxylation is 1. The Bertz CT molecular complexity index is 597. The fraction of sp³-hybridized carbons (Fsp3) is 0.143. The summed E-state index contributed by atoms with van der Waals surface area (Å²) in [6, 6.07) is 8.91. The normalized spacial score (nSPS) is 9.85. The maximum absolute atomic E-state index is 11.6. The first kappa shape index (κ1) is 13.7. The van der Waals surface area contributed by atoms with Crippen LogP contribution in [0.25, 0.3) is 0 Å². The summed E-state index contributed by atoms with van der Waals surface area (Å²) in [5.74, 6) is -1.09. The maximum Gasteiger partial charge on any atom is 0.359 e. The summed E-state index contributed by atoms with van der Waals surface area (Å²) >= 11 is 0. The maximum atomic E-state index is 11.6. The zero-order valence-electron chi connectivity index (χ0n) is 10.9. The van der Waals surface area contributed by atoms with Crippen LogP contribution >= 0.6 is 0 Å². The van der Waals surface area contributed by atoms with Gasteiger partial charge < -0.3 is 10.1 Å². The summed E-state index contributed by atoms with van der Waals surface area (Å²) in [5, 5.41) is 2.61. The molecule has 0 fully saturated rings. The summed E-state index contributed by atoms with van der Waals surface area (Å²) in [7, 11) is 0. The number of aromatic nitrogens is 2. The van der Waals surface area contributed by atoms with Crippen LogP contribution in [0.3, 0.4) is 0 Å². The van der Waals surface area contributed by atoms with E-state index in [0.29, 0.717) is 11.4 Å². The Morgan fingerprint density at radius 1 is 1.15 bits per heavy atom. The highest BCUT2D eigenvalue weighted by Gasteiger charge is 2.11. The number of esters is 1. The Kier molecular flexibility index (Phi) is 4.39. The van der Waals surface area contributed by atoms with Crippen LogP contribution in [-0.2, 0) is 9.53 Å². The van der Waals surface area contributed by atoms with Gasteiger partial charge in [-0.3, -0.25) is 9.78 Å². The van der Waals surface area contributed by atoms with Crippen molar-refractivity contribution in [3.05, 3.63) is 54.1 Å². The second-order valence-electron chi connectivity index (χ2n) is 4.03. The molecule has 102 valence electrons. The van der Waals surface area contributed by atoms with Gasteiger partial charge in [-0.25, -0.2) is 9.78 Å². The number of ether oxygens (including phenoxy) is 1. The van der Waals surface area contributed by atoms with E-state index < -0.39 is 11.9 Å². The number of carbonyl (C=O) groups excluding carboxylic acids is 2. The number of hydrogen-bond donors (Lipinski definition) is 1. The number of nitrogens with one attached hydrogen (secondary N) is 1. The van der Waals surface area contributed by atoms with Crippen molar-refractivity contribution in [3.8, 4) is 0 Å². The van der Waals surface area contributed by atoms with E-state index in [0.717, 1.165) is 0 Å². The Morgan fingerprint density at radius 2 is 1.90 bits per heavy atom. The van der Waals surface area contributed by atoms with E-state index >= 15 is 0 Å². The largest absolute Gasteiger partial charge is 0.451 e. The van der Waals surface area contributed by atoms with Crippen LogP contribution < -0.4 is 5.32 Å². The molecule has 0 bridgehead atoms. The highest BCUT2D eigenvalue weighted by molar-refractivity contribution is 5.94. The SMILES string of the molecule is Cc1cnc(C(=O)OCC(=O)Nc2ccccc2)cn1. The van der Waals surface area contributed by atoms with Gasteiger partial charge in [-0.2, -0.15) is 0 Å². The Labute approximate surface area is 115 Å². The zero-order valence-corrected chi connectivity index (χ0v) is 10.9. The molecule has 0 aliphatic heterocycles. The van der Waals surface area contributed by atoms with Gasteiger partial charge in [0, 0.05) is 11.9 Å². The van der Waals surface area contributed by atoms with Crippen LogP contribution in [0.15, 0.2) is 42.7 Å². The van der Waals surface area contributed by atoms with Crippen LogP contribution in [0.4, 0.5) is 5.69 Å². The van der Waals surface area contributed by atoms with Crippen molar-refractivity contribution in [2.24, 2.45) is 0 Å². The molecule has 1 heterocycles. The van der Waals surface area contributed by atoms with Crippen molar-refractivity contribution < 1.29 is 14.3 Å². The van der Waals surface area contributed by atoms with Gasteiger partial charge in [0.25, 0.3) is 5.91 Å². The van der Waals surface area contributed by atoms with Crippen molar-refractivity contribution in [3.63, 3.8) is 0 Å². The van der Waals surface area contributed by atoms with Gasteiger partial charge >= 0.3 is 5.97 Å². The standard InChI is InChI=1S/C14H13N3O3/c1-10-7-16-12(8-15-10)14(19)20-9-13(18)17-11-5-3-2-4-6-11/h2-8H,9H2,1H3,(H,17,18). The molecule has 0 saturated carbocycles. The molecular weight excluding hydrogens is 258 g/mol. The number of carbonyl (C=O) groups is 2. The second-order valence-corrected chi connectivity index (χ2v) is 4.03. The number of para-hydroxylation sites is 1. The third kappa shape index (κ3) is 3.88. The first-order valence-electron chi connectivity index (χ1n) is 5.96. The number of benzene rings is 1. The van der Waals surface area contributed by atoms with Crippen molar-refractivity contribution in [2.45, 2.75) is 6.92 Å². The lowest BCUT2D eigenvalue weighted by atomic mass is 10.3. The zero-order chi connectivity index (χ0) is 14.4. The van der Waals surface area contributed by atoms with E-state index in [9.17, 15) is 9.59 Å². The van der Waals surface area contributed by atoms with Gasteiger partial charge in [0.2, 0.25) is 0 Å². The molecule has 1 amide bonds. The molecule has 0 atom stereocenters. The molecule has 1 aromatic heterocycles. The summed E-state index contributed by atoms with van der Waals surface area (Å²) in [4.78, 5) is 31.0. The average Bonchev–Trinajstić information content (AvgIpc) is 2.46. The van der Waals surface area contributed by atoms with E-state index in [1.807, 2.05) is 6.07 Å². The van der Waals surface area contributed by atoms with Gasteiger partial charge in [0.15, 0.2) is 12.3 Å². The fourth-order valence-corrected chi connectivity index (χ4v) is 1.42. The Balaban J connectivity index is 1.84. The number of anilines is 1. The predicted molar refractivity (Wildman–Crippen MR) is 72.1 cm³/mol. The topological polar surface area (TPSA) is 81.2 Å². The molecule has 0 spiro atoms. The Morgan fingerprint density at radius 3 is 2.55 bits per heavy atom. The van der Waals surface area contributed by atoms with Crippen molar-refractivity contribution >= 4 is 17.6 Å². The number of nitrogens with zero attached hydrogens (tertiary/aromatic N) is 2.